The fourth-order valence-electron chi connectivity index (χ4n) is 4.48. The van der Waals surface area contributed by atoms with Gasteiger partial charge < -0.3 is 4.98 Å². The summed E-state index contributed by atoms with van der Waals surface area (Å²) < 4.78 is 0. The number of hydrogen-bond donors (Lipinski definition) is 1. The third-order valence-corrected chi connectivity index (χ3v) is 6.24. The van der Waals surface area contributed by atoms with E-state index < -0.39 is 0 Å². The van der Waals surface area contributed by atoms with Gasteiger partial charge in [-0.1, -0.05) is 48.5 Å². The number of aromatic amines is 1. The van der Waals surface area contributed by atoms with Gasteiger partial charge in [-0.15, -0.1) is 0 Å². The molecule has 3 heterocycles. The molecular formula is C25H24N4. The normalized spacial score (nSPS) is 16.8. The lowest BCUT2D eigenvalue weighted by Crippen LogP contribution is -2.31. The lowest BCUT2D eigenvalue weighted by atomic mass is 10.0. The molecule has 1 aliphatic carbocycles. The molecule has 2 aliphatic rings. The molecule has 6 rings (SSSR count). The summed E-state index contributed by atoms with van der Waals surface area (Å²) in [6.07, 6.45) is 5.61. The monoisotopic (exact) mass is 380 g/mol. The van der Waals surface area contributed by atoms with Crippen molar-refractivity contribution in [1.29, 1.82) is 0 Å². The number of nitrogens with one attached hydrogen (secondary N) is 1. The molecule has 1 saturated carbocycles. The van der Waals surface area contributed by atoms with Gasteiger partial charge >= 0.3 is 0 Å². The second-order valence-corrected chi connectivity index (χ2v) is 8.33. The van der Waals surface area contributed by atoms with Crippen LogP contribution >= 0.6 is 0 Å². The van der Waals surface area contributed by atoms with Crippen molar-refractivity contribution >= 4 is 10.9 Å². The van der Waals surface area contributed by atoms with Crippen LogP contribution in [0.1, 0.15) is 41.4 Å². The van der Waals surface area contributed by atoms with Gasteiger partial charge in [0, 0.05) is 42.7 Å². The summed E-state index contributed by atoms with van der Waals surface area (Å²) in [7, 11) is 0. The highest BCUT2D eigenvalue weighted by Gasteiger charge is 2.28. The number of aromatic nitrogens is 3. The number of benzene rings is 2. The first-order chi connectivity index (χ1) is 14.3. The molecule has 2 aromatic heterocycles. The molecule has 144 valence electrons. The van der Waals surface area contributed by atoms with E-state index in [0.29, 0.717) is 5.92 Å². The van der Waals surface area contributed by atoms with Crippen molar-refractivity contribution in [2.24, 2.45) is 0 Å². The first kappa shape index (κ1) is 16.9. The van der Waals surface area contributed by atoms with Crippen molar-refractivity contribution in [2.45, 2.75) is 38.3 Å². The average molecular weight is 380 g/mol. The Hall–Kier alpha value is -2.98. The van der Waals surface area contributed by atoms with E-state index in [-0.39, 0.29) is 0 Å². The van der Waals surface area contributed by atoms with Crippen LogP contribution in [0.3, 0.4) is 0 Å². The number of fused-ring (bicyclic) bond motifs is 2. The SMILES string of the molecule is c1ccc(-c2[nH]c3ccccc3c2CN2CCc3cnc(C4CC4)nc3C2)cc1. The van der Waals surface area contributed by atoms with E-state index in [4.69, 9.17) is 4.98 Å². The molecule has 1 N–H and O–H groups in total. The minimum Gasteiger partial charge on any atom is -0.354 e. The molecule has 0 saturated heterocycles. The Kier molecular flexibility index (Phi) is 3.98. The second kappa shape index (κ2) is 6.82. The molecule has 4 aromatic rings. The van der Waals surface area contributed by atoms with Gasteiger partial charge in [-0.3, -0.25) is 4.90 Å². The van der Waals surface area contributed by atoms with E-state index in [1.54, 1.807) is 0 Å². The van der Waals surface area contributed by atoms with E-state index in [2.05, 4.69) is 75.7 Å². The Bertz CT molecular complexity index is 1170. The van der Waals surface area contributed by atoms with Crippen LogP contribution in [-0.4, -0.2) is 26.4 Å². The van der Waals surface area contributed by atoms with Gasteiger partial charge in [-0.05, 0) is 42.0 Å². The molecule has 4 nitrogen and oxygen atoms in total. The third kappa shape index (κ3) is 3.14. The maximum atomic E-state index is 4.94. The molecule has 0 bridgehead atoms. The first-order valence-corrected chi connectivity index (χ1v) is 10.6. The molecule has 0 unspecified atom stereocenters. The quantitative estimate of drug-likeness (QED) is 0.538. The van der Waals surface area contributed by atoms with Gasteiger partial charge in [0.05, 0.1) is 11.4 Å². The fourth-order valence-corrected chi connectivity index (χ4v) is 4.48. The zero-order chi connectivity index (χ0) is 19.2. The lowest BCUT2D eigenvalue weighted by molar-refractivity contribution is 0.242. The Morgan fingerprint density at radius 2 is 1.83 bits per heavy atom. The molecule has 29 heavy (non-hydrogen) atoms. The van der Waals surface area contributed by atoms with Crippen LogP contribution in [0.4, 0.5) is 0 Å². The number of hydrogen-bond acceptors (Lipinski definition) is 3. The molecule has 0 amide bonds. The molecule has 4 heteroatoms. The average Bonchev–Trinajstić information content (AvgIpc) is 3.57. The standard InChI is InChI=1S/C25H24N4/c1-2-6-17(7-3-1)24-21(20-8-4-5-9-22(20)27-24)15-29-13-12-19-14-26-25(18-10-11-18)28-23(19)16-29/h1-9,14,18,27H,10-13,15-16H2. The topological polar surface area (TPSA) is 44.8 Å². The Morgan fingerprint density at radius 3 is 2.69 bits per heavy atom. The minimum atomic E-state index is 0.606. The fraction of sp³-hybridized carbons (Fsp3) is 0.280. The van der Waals surface area contributed by atoms with Crippen LogP contribution in [0, 0.1) is 0 Å². The highest BCUT2D eigenvalue weighted by molar-refractivity contribution is 5.90. The summed E-state index contributed by atoms with van der Waals surface area (Å²) in [5.74, 6) is 1.66. The Balaban J connectivity index is 1.35. The zero-order valence-corrected chi connectivity index (χ0v) is 16.4. The molecule has 0 atom stereocenters. The van der Waals surface area contributed by atoms with Crippen molar-refractivity contribution in [3.8, 4) is 11.3 Å². The van der Waals surface area contributed by atoms with Crippen LogP contribution in [0.5, 0.6) is 0 Å². The number of rotatable bonds is 4. The van der Waals surface area contributed by atoms with Crippen LogP contribution in [0.25, 0.3) is 22.2 Å². The van der Waals surface area contributed by atoms with E-state index >= 15 is 0 Å². The maximum absolute atomic E-state index is 4.94. The van der Waals surface area contributed by atoms with Crippen LogP contribution in [0.2, 0.25) is 0 Å². The summed E-state index contributed by atoms with van der Waals surface area (Å²) in [6, 6.07) is 19.3. The summed E-state index contributed by atoms with van der Waals surface area (Å²) in [4.78, 5) is 15.8. The molecule has 0 spiro atoms. The number of para-hydroxylation sites is 1. The minimum absolute atomic E-state index is 0.606. The smallest absolute Gasteiger partial charge is 0.131 e. The summed E-state index contributed by atoms with van der Waals surface area (Å²) in [5, 5.41) is 1.32. The highest BCUT2D eigenvalue weighted by atomic mass is 15.1. The molecule has 1 aliphatic heterocycles. The molecule has 0 radical (unpaired) electrons. The van der Waals surface area contributed by atoms with Gasteiger partial charge in [-0.25, -0.2) is 9.97 Å². The summed E-state index contributed by atoms with van der Waals surface area (Å²) >= 11 is 0. The van der Waals surface area contributed by atoms with Crippen LogP contribution < -0.4 is 0 Å². The Labute approximate surface area is 170 Å². The Morgan fingerprint density at radius 1 is 1.00 bits per heavy atom. The van der Waals surface area contributed by atoms with Crippen molar-refractivity contribution < 1.29 is 0 Å². The van der Waals surface area contributed by atoms with Crippen LogP contribution in [-0.2, 0) is 19.5 Å². The van der Waals surface area contributed by atoms with Crippen molar-refractivity contribution in [3.63, 3.8) is 0 Å². The predicted molar refractivity (Wildman–Crippen MR) is 116 cm³/mol. The second-order valence-electron chi connectivity index (χ2n) is 8.33. The number of H-pyrrole nitrogens is 1. The maximum Gasteiger partial charge on any atom is 0.131 e. The summed E-state index contributed by atoms with van der Waals surface area (Å²) in [5.41, 5.74) is 7.62. The highest BCUT2D eigenvalue weighted by Crippen LogP contribution is 2.38. The molecule has 2 aromatic carbocycles. The third-order valence-electron chi connectivity index (χ3n) is 6.24. The van der Waals surface area contributed by atoms with Gasteiger partial charge in [-0.2, -0.15) is 0 Å². The van der Waals surface area contributed by atoms with E-state index in [0.717, 1.165) is 31.9 Å². The van der Waals surface area contributed by atoms with Crippen molar-refractivity contribution in [1.82, 2.24) is 19.9 Å². The molecular weight excluding hydrogens is 356 g/mol. The van der Waals surface area contributed by atoms with Gasteiger partial charge in [0.2, 0.25) is 0 Å². The summed E-state index contributed by atoms with van der Waals surface area (Å²) in [6.45, 7) is 2.88. The van der Waals surface area contributed by atoms with Crippen molar-refractivity contribution in [2.75, 3.05) is 6.54 Å². The molecule has 1 fully saturated rings. The predicted octanol–water partition coefficient (Wildman–Crippen LogP) is 5.06. The first-order valence-electron chi connectivity index (χ1n) is 10.6. The number of nitrogens with zero attached hydrogens (tertiary/aromatic N) is 3. The zero-order valence-electron chi connectivity index (χ0n) is 16.4. The van der Waals surface area contributed by atoms with Gasteiger partial charge in [0.15, 0.2) is 0 Å². The van der Waals surface area contributed by atoms with Gasteiger partial charge in [0.1, 0.15) is 5.82 Å². The van der Waals surface area contributed by atoms with Crippen LogP contribution in [0.15, 0.2) is 60.8 Å². The lowest BCUT2D eigenvalue weighted by Gasteiger charge is -2.28. The van der Waals surface area contributed by atoms with E-state index in [1.165, 1.54) is 51.8 Å². The van der Waals surface area contributed by atoms with E-state index in [1.807, 2.05) is 0 Å². The largest absolute Gasteiger partial charge is 0.354 e. The van der Waals surface area contributed by atoms with Crippen molar-refractivity contribution in [3.05, 3.63) is 83.4 Å². The van der Waals surface area contributed by atoms with E-state index in [9.17, 15) is 0 Å². The van der Waals surface area contributed by atoms with Gasteiger partial charge in [0.25, 0.3) is 0 Å².